The van der Waals surface area contributed by atoms with Crippen LogP contribution in [-0.4, -0.2) is 19.1 Å². The second-order valence-corrected chi connectivity index (χ2v) is 6.52. The first-order valence-electron chi connectivity index (χ1n) is 7.87. The molecule has 0 aliphatic rings. The molecule has 114 valence electrons. The van der Waals surface area contributed by atoms with E-state index in [0.717, 1.165) is 19.5 Å². The molecule has 1 unspecified atom stereocenters. The predicted molar refractivity (Wildman–Crippen MR) is 93.5 cm³/mol. The maximum atomic E-state index is 5.88. The summed E-state index contributed by atoms with van der Waals surface area (Å²) in [6, 6.07) is 6.90. The Morgan fingerprint density at radius 1 is 1.15 bits per heavy atom. The average molecular weight is 341 g/mol. The number of hydrogen-bond acceptors (Lipinski definition) is 2. The Balaban J connectivity index is 2.83. The minimum Gasteiger partial charge on any atom is -0.371 e. The van der Waals surface area contributed by atoms with Crippen LogP contribution in [0.5, 0.6) is 0 Å². The first-order valence-corrected chi connectivity index (χ1v) is 8.66. The molecule has 0 fully saturated rings. The van der Waals surface area contributed by atoms with E-state index in [1.807, 2.05) is 0 Å². The summed E-state index contributed by atoms with van der Waals surface area (Å²) in [6.45, 7) is 8.83. The maximum Gasteiger partial charge on any atom is 0.0510 e. The Bertz CT molecular complexity index is 383. The van der Waals surface area contributed by atoms with E-state index in [0.29, 0.717) is 0 Å². The summed E-state index contributed by atoms with van der Waals surface area (Å²) in [5.41, 5.74) is 8.50. The Morgan fingerprint density at radius 2 is 1.75 bits per heavy atom. The fourth-order valence-corrected chi connectivity index (χ4v) is 3.03. The molecule has 1 rings (SSSR count). The molecule has 0 amide bonds. The summed E-state index contributed by atoms with van der Waals surface area (Å²) < 4.78 is 1.20. The van der Waals surface area contributed by atoms with Crippen molar-refractivity contribution in [3.63, 3.8) is 0 Å². The lowest BCUT2D eigenvalue weighted by molar-refractivity contribution is 0.676. The SMILES string of the molecule is CCCCN(CCCC)c1ccc(CC(C)N)cc1Br. The average Bonchev–Trinajstić information content (AvgIpc) is 2.39. The van der Waals surface area contributed by atoms with Gasteiger partial charge in [-0.2, -0.15) is 0 Å². The smallest absolute Gasteiger partial charge is 0.0510 e. The van der Waals surface area contributed by atoms with Gasteiger partial charge in [0.15, 0.2) is 0 Å². The number of hydrogen-bond donors (Lipinski definition) is 1. The first-order chi connectivity index (χ1) is 9.58. The van der Waals surface area contributed by atoms with Crippen molar-refractivity contribution in [1.29, 1.82) is 0 Å². The van der Waals surface area contributed by atoms with Crippen molar-refractivity contribution in [3.05, 3.63) is 28.2 Å². The third kappa shape index (κ3) is 5.84. The molecule has 2 N–H and O–H groups in total. The van der Waals surface area contributed by atoms with Gasteiger partial charge < -0.3 is 10.6 Å². The fourth-order valence-electron chi connectivity index (χ4n) is 2.36. The molecule has 0 spiro atoms. The Hall–Kier alpha value is -0.540. The van der Waals surface area contributed by atoms with Crippen LogP contribution in [0, 0.1) is 0 Å². The highest BCUT2D eigenvalue weighted by atomic mass is 79.9. The third-order valence-corrected chi connectivity index (χ3v) is 4.11. The maximum absolute atomic E-state index is 5.88. The van der Waals surface area contributed by atoms with Gasteiger partial charge >= 0.3 is 0 Å². The van der Waals surface area contributed by atoms with Crippen LogP contribution in [0.25, 0.3) is 0 Å². The molecule has 1 aromatic rings. The lowest BCUT2D eigenvalue weighted by Gasteiger charge is -2.26. The molecule has 0 bridgehead atoms. The van der Waals surface area contributed by atoms with Crippen molar-refractivity contribution in [2.75, 3.05) is 18.0 Å². The minimum atomic E-state index is 0.212. The topological polar surface area (TPSA) is 29.3 Å². The summed E-state index contributed by atoms with van der Waals surface area (Å²) >= 11 is 3.74. The Labute approximate surface area is 132 Å². The number of benzene rings is 1. The van der Waals surface area contributed by atoms with Crippen LogP contribution in [0.3, 0.4) is 0 Å². The molecule has 0 aromatic heterocycles. The zero-order chi connectivity index (χ0) is 15.0. The van der Waals surface area contributed by atoms with Gasteiger partial charge in [0.25, 0.3) is 0 Å². The molecule has 0 aliphatic heterocycles. The Kier molecular flexibility index (Phi) is 8.24. The highest BCUT2D eigenvalue weighted by molar-refractivity contribution is 9.10. The van der Waals surface area contributed by atoms with Crippen LogP contribution in [0.4, 0.5) is 5.69 Å². The molecule has 20 heavy (non-hydrogen) atoms. The molecule has 1 aromatic carbocycles. The summed E-state index contributed by atoms with van der Waals surface area (Å²) in [6.07, 6.45) is 5.91. The van der Waals surface area contributed by atoms with E-state index in [1.165, 1.54) is 41.4 Å². The molecule has 3 heteroatoms. The van der Waals surface area contributed by atoms with Gasteiger partial charge in [0.05, 0.1) is 5.69 Å². The van der Waals surface area contributed by atoms with Crippen molar-refractivity contribution < 1.29 is 0 Å². The standard InChI is InChI=1S/C17H29BrN2/c1-4-6-10-20(11-7-5-2)17-9-8-15(12-14(3)19)13-16(17)18/h8-9,13-14H,4-7,10-12,19H2,1-3H3. The van der Waals surface area contributed by atoms with Gasteiger partial charge in [-0.15, -0.1) is 0 Å². The third-order valence-electron chi connectivity index (χ3n) is 3.47. The van der Waals surface area contributed by atoms with E-state index >= 15 is 0 Å². The van der Waals surface area contributed by atoms with E-state index in [1.54, 1.807) is 0 Å². The second kappa shape index (κ2) is 9.41. The summed E-state index contributed by atoms with van der Waals surface area (Å²) in [5.74, 6) is 0. The van der Waals surface area contributed by atoms with Gasteiger partial charge in [-0.25, -0.2) is 0 Å². The van der Waals surface area contributed by atoms with Gasteiger partial charge in [-0.3, -0.25) is 0 Å². The quantitative estimate of drug-likeness (QED) is 0.703. The zero-order valence-electron chi connectivity index (χ0n) is 13.2. The van der Waals surface area contributed by atoms with Crippen LogP contribution < -0.4 is 10.6 Å². The van der Waals surface area contributed by atoms with E-state index in [-0.39, 0.29) is 6.04 Å². The fraction of sp³-hybridized carbons (Fsp3) is 0.647. The molecular weight excluding hydrogens is 312 g/mol. The van der Waals surface area contributed by atoms with Crippen molar-refractivity contribution in [2.24, 2.45) is 5.73 Å². The summed E-state index contributed by atoms with van der Waals surface area (Å²) in [7, 11) is 0. The monoisotopic (exact) mass is 340 g/mol. The highest BCUT2D eigenvalue weighted by Crippen LogP contribution is 2.28. The number of anilines is 1. The van der Waals surface area contributed by atoms with Crippen molar-refractivity contribution in [1.82, 2.24) is 0 Å². The lowest BCUT2D eigenvalue weighted by Crippen LogP contribution is -2.26. The van der Waals surface area contributed by atoms with Crippen LogP contribution in [0.15, 0.2) is 22.7 Å². The van der Waals surface area contributed by atoms with Crippen LogP contribution in [-0.2, 0) is 6.42 Å². The van der Waals surface area contributed by atoms with E-state index in [2.05, 4.69) is 59.8 Å². The number of rotatable bonds is 9. The first kappa shape index (κ1) is 17.5. The van der Waals surface area contributed by atoms with Crippen molar-refractivity contribution in [3.8, 4) is 0 Å². The van der Waals surface area contributed by atoms with Gasteiger partial charge in [0.2, 0.25) is 0 Å². The van der Waals surface area contributed by atoms with Gasteiger partial charge in [0, 0.05) is 23.6 Å². The van der Waals surface area contributed by atoms with E-state index in [4.69, 9.17) is 5.73 Å². The zero-order valence-corrected chi connectivity index (χ0v) is 14.7. The van der Waals surface area contributed by atoms with Gasteiger partial charge in [-0.05, 0) is 59.8 Å². The number of nitrogens with two attached hydrogens (primary N) is 1. The molecule has 0 aliphatic carbocycles. The number of halogens is 1. The molecule has 0 radical (unpaired) electrons. The van der Waals surface area contributed by atoms with Crippen molar-refractivity contribution >= 4 is 21.6 Å². The molecule has 2 nitrogen and oxygen atoms in total. The van der Waals surface area contributed by atoms with Crippen molar-refractivity contribution in [2.45, 2.75) is 58.9 Å². The highest BCUT2D eigenvalue weighted by Gasteiger charge is 2.10. The largest absolute Gasteiger partial charge is 0.371 e. The molecule has 0 saturated heterocycles. The molecule has 0 heterocycles. The predicted octanol–water partition coefficient (Wildman–Crippen LogP) is 4.75. The molecule has 1 atom stereocenters. The second-order valence-electron chi connectivity index (χ2n) is 5.66. The van der Waals surface area contributed by atoms with Crippen LogP contribution in [0.2, 0.25) is 0 Å². The molecule has 0 saturated carbocycles. The number of unbranched alkanes of at least 4 members (excludes halogenated alkanes) is 2. The number of nitrogens with zero attached hydrogens (tertiary/aromatic N) is 1. The normalized spacial score (nSPS) is 12.4. The summed E-state index contributed by atoms with van der Waals surface area (Å²) in [5, 5.41) is 0. The summed E-state index contributed by atoms with van der Waals surface area (Å²) in [4.78, 5) is 2.51. The van der Waals surface area contributed by atoms with Crippen LogP contribution in [0.1, 0.15) is 52.0 Å². The van der Waals surface area contributed by atoms with Gasteiger partial charge in [-0.1, -0.05) is 32.8 Å². The minimum absolute atomic E-state index is 0.212. The van der Waals surface area contributed by atoms with Gasteiger partial charge in [0.1, 0.15) is 0 Å². The Morgan fingerprint density at radius 3 is 2.20 bits per heavy atom. The molecular formula is C17H29BrN2. The van der Waals surface area contributed by atoms with E-state index in [9.17, 15) is 0 Å². The van der Waals surface area contributed by atoms with Crippen LogP contribution >= 0.6 is 15.9 Å². The van der Waals surface area contributed by atoms with E-state index < -0.39 is 0 Å². The lowest BCUT2D eigenvalue weighted by atomic mass is 10.1.